The quantitative estimate of drug-likeness (QED) is 0.828. The third-order valence-electron chi connectivity index (χ3n) is 3.13. The first-order valence-electron chi connectivity index (χ1n) is 6.85. The first-order valence-corrected chi connectivity index (χ1v) is 6.85. The Hall–Kier alpha value is -2.56. The van der Waals surface area contributed by atoms with E-state index in [-0.39, 0.29) is 5.69 Å². The number of hydrogen-bond donors (Lipinski definition) is 1. The molecule has 5 nitrogen and oxygen atoms in total. The van der Waals surface area contributed by atoms with Crippen molar-refractivity contribution in [3.8, 4) is 0 Å². The molecule has 0 radical (unpaired) electrons. The zero-order chi connectivity index (χ0) is 15.2. The lowest BCUT2D eigenvalue weighted by atomic mass is 10.1. The molecule has 1 aromatic heterocycles. The number of aromatic nitrogens is 2. The van der Waals surface area contributed by atoms with Gasteiger partial charge in [-0.15, -0.1) is 0 Å². The number of aryl methyl sites for hydroxylation is 1. The molecule has 2 aromatic rings. The van der Waals surface area contributed by atoms with Gasteiger partial charge in [0, 0.05) is 25.0 Å². The molecule has 0 aliphatic rings. The number of rotatable bonds is 6. The molecule has 1 N–H and O–H groups in total. The third kappa shape index (κ3) is 3.95. The van der Waals surface area contributed by atoms with E-state index in [1.807, 2.05) is 31.2 Å². The molecule has 0 aliphatic heterocycles. The van der Waals surface area contributed by atoms with Crippen LogP contribution in [-0.4, -0.2) is 20.2 Å². The standard InChI is InChI=1S/C16H18N2O3/c1-2-9-17-10-11-18(16(17)21)12-14-5-3-13(4-6-14)7-8-15(19)20/h3-8,10-11H,2,9,12H2,1H3,(H,19,20)/b8-7+. The molecule has 5 heteroatoms. The van der Waals surface area contributed by atoms with Gasteiger partial charge in [0.25, 0.3) is 0 Å². The van der Waals surface area contributed by atoms with Crippen molar-refractivity contribution in [1.82, 2.24) is 9.13 Å². The summed E-state index contributed by atoms with van der Waals surface area (Å²) in [7, 11) is 0. The lowest BCUT2D eigenvalue weighted by molar-refractivity contribution is -0.131. The van der Waals surface area contributed by atoms with Gasteiger partial charge >= 0.3 is 11.7 Å². The minimum Gasteiger partial charge on any atom is -0.478 e. The van der Waals surface area contributed by atoms with Crippen LogP contribution >= 0.6 is 0 Å². The van der Waals surface area contributed by atoms with E-state index in [0.717, 1.165) is 30.2 Å². The molecule has 2 rings (SSSR count). The van der Waals surface area contributed by atoms with Gasteiger partial charge in [-0.05, 0) is 23.6 Å². The molecule has 0 saturated carbocycles. The molecular formula is C16H18N2O3. The van der Waals surface area contributed by atoms with Gasteiger partial charge in [0.2, 0.25) is 0 Å². The van der Waals surface area contributed by atoms with Crippen molar-refractivity contribution < 1.29 is 9.90 Å². The molecule has 110 valence electrons. The topological polar surface area (TPSA) is 64.2 Å². The van der Waals surface area contributed by atoms with Gasteiger partial charge in [-0.25, -0.2) is 9.59 Å². The highest BCUT2D eigenvalue weighted by atomic mass is 16.4. The van der Waals surface area contributed by atoms with Gasteiger partial charge in [0.15, 0.2) is 0 Å². The van der Waals surface area contributed by atoms with E-state index in [4.69, 9.17) is 5.11 Å². The number of carbonyl (C=O) groups is 1. The molecule has 0 saturated heterocycles. The predicted octanol–water partition coefficient (Wildman–Crippen LogP) is 2.21. The first kappa shape index (κ1) is 14.8. The van der Waals surface area contributed by atoms with Crippen LogP contribution in [0, 0.1) is 0 Å². The lowest BCUT2D eigenvalue weighted by Crippen LogP contribution is -2.24. The molecule has 0 fully saturated rings. The molecule has 0 aliphatic carbocycles. The maximum Gasteiger partial charge on any atom is 0.328 e. The summed E-state index contributed by atoms with van der Waals surface area (Å²) >= 11 is 0. The number of aliphatic carboxylic acids is 1. The molecule has 0 unspecified atom stereocenters. The molecule has 1 heterocycles. The number of imidazole rings is 1. The minimum atomic E-state index is -0.970. The molecular weight excluding hydrogens is 268 g/mol. The highest BCUT2D eigenvalue weighted by Gasteiger charge is 2.03. The second-order valence-corrected chi connectivity index (χ2v) is 4.82. The van der Waals surface area contributed by atoms with Crippen molar-refractivity contribution in [3.05, 3.63) is 64.3 Å². The fourth-order valence-electron chi connectivity index (χ4n) is 2.08. The Bertz CT molecular complexity index is 693. The largest absolute Gasteiger partial charge is 0.478 e. The molecule has 0 bridgehead atoms. The fourth-order valence-corrected chi connectivity index (χ4v) is 2.08. The molecule has 1 aromatic carbocycles. The zero-order valence-electron chi connectivity index (χ0n) is 11.9. The van der Waals surface area contributed by atoms with E-state index in [9.17, 15) is 9.59 Å². The van der Waals surface area contributed by atoms with Crippen LogP contribution < -0.4 is 5.69 Å². The van der Waals surface area contributed by atoms with E-state index in [1.165, 1.54) is 6.08 Å². The van der Waals surface area contributed by atoms with Crippen LogP contribution in [0.25, 0.3) is 6.08 Å². The van der Waals surface area contributed by atoms with E-state index >= 15 is 0 Å². The highest BCUT2D eigenvalue weighted by Crippen LogP contribution is 2.07. The van der Waals surface area contributed by atoms with Gasteiger partial charge in [-0.1, -0.05) is 31.2 Å². The number of carboxylic acid groups (broad SMARTS) is 1. The van der Waals surface area contributed by atoms with E-state index in [2.05, 4.69) is 0 Å². The van der Waals surface area contributed by atoms with Gasteiger partial charge in [-0.3, -0.25) is 9.13 Å². The van der Waals surface area contributed by atoms with Gasteiger partial charge in [0.05, 0.1) is 6.54 Å². The van der Waals surface area contributed by atoms with Crippen LogP contribution in [0.1, 0.15) is 24.5 Å². The molecule has 0 amide bonds. The number of benzene rings is 1. The van der Waals surface area contributed by atoms with Crippen LogP contribution in [-0.2, 0) is 17.9 Å². The minimum absolute atomic E-state index is 0.00769. The van der Waals surface area contributed by atoms with Crippen molar-refractivity contribution in [2.75, 3.05) is 0 Å². The maximum absolute atomic E-state index is 12.1. The Balaban J connectivity index is 2.10. The number of carboxylic acids is 1. The Kier molecular flexibility index (Phi) is 4.77. The summed E-state index contributed by atoms with van der Waals surface area (Å²) in [5, 5.41) is 8.57. The Labute approximate surface area is 122 Å². The van der Waals surface area contributed by atoms with Crippen molar-refractivity contribution in [2.45, 2.75) is 26.4 Å². The second kappa shape index (κ2) is 6.74. The van der Waals surface area contributed by atoms with Gasteiger partial charge < -0.3 is 5.11 Å². The van der Waals surface area contributed by atoms with Crippen molar-refractivity contribution >= 4 is 12.0 Å². The lowest BCUT2D eigenvalue weighted by Gasteiger charge is -2.03. The van der Waals surface area contributed by atoms with Gasteiger partial charge in [-0.2, -0.15) is 0 Å². The summed E-state index contributed by atoms with van der Waals surface area (Å²) < 4.78 is 3.36. The number of hydrogen-bond acceptors (Lipinski definition) is 2. The van der Waals surface area contributed by atoms with E-state index < -0.39 is 5.97 Å². The summed E-state index contributed by atoms with van der Waals surface area (Å²) in [6, 6.07) is 7.46. The van der Waals surface area contributed by atoms with Crippen molar-refractivity contribution in [2.24, 2.45) is 0 Å². The molecule has 0 atom stereocenters. The van der Waals surface area contributed by atoms with Crippen LogP contribution in [0.3, 0.4) is 0 Å². The van der Waals surface area contributed by atoms with Crippen LogP contribution in [0.5, 0.6) is 0 Å². The SMILES string of the molecule is CCCn1ccn(Cc2ccc(/C=C/C(=O)O)cc2)c1=O. The number of nitrogens with zero attached hydrogens (tertiary/aromatic N) is 2. The summed E-state index contributed by atoms with van der Waals surface area (Å²) in [5.74, 6) is -0.970. The Morgan fingerprint density at radius 2 is 1.86 bits per heavy atom. The van der Waals surface area contributed by atoms with Gasteiger partial charge in [0.1, 0.15) is 0 Å². The average Bonchev–Trinajstić information content (AvgIpc) is 2.80. The zero-order valence-corrected chi connectivity index (χ0v) is 11.9. The predicted molar refractivity (Wildman–Crippen MR) is 81.2 cm³/mol. The summed E-state index contributed by atoms with van der Waals surface area (Å²) in [6.07, 6.45) is 7.15. The van der Waals surface area contributed by atoms with E-state index in [1.54, 1.807) is 21.5 Å². The smallest absolute Gasteiger partial charge is 0.328 e. The Morgan fingerprint density at radius 3 is 2.48 bits per heavy atom. The van der Waals surface area contributed by atoms with Crippen molar-refractivity contribution in [1.29, 1.82) is 0 Å². The molecule has 0 spiro atoms. The second-order valence-electron chi connectivity index (χ2n) is 4.82. The first-order chi connectivity index (χ1) is 10.1. The van der Waals surface area contributed by atoms with Crippen LogP contribution in [0.15, 0.2) is 47.5 Å². The van der Waals surface area contributed by atoms with Crippen LogP contribution in [0.2, 0.25) is 0 Å². The summed E-state index contributed by atoms with van der Waals surface area (Å²) in [6.45, 7) is 3.27. The monoisotopic (exact) mass is 286 g/mol. The van der Waals surface area contributed by atoms with E-state index in [0.29, 0.717) is 6.54 Å². The highest BCUT2D eigenvalue weighted by molar-refractivity contribution is 5.85. The molecule has 21 heavy (non-hydrogen) atoms. The van der Waals surface area contributed by atoms with Crippen LogP contribution in [0.4, 0.5) is 0 Å². The third-order valence-corrected chi connectivity index (χ3v) is 3.13. The van der Waals surface area contributed by atoms with Crippen molar-refractivity contribution in [3.63, 3.8) is 0 Å². The summed E-state index contributed by atoms with van der Waals surface area (Å²) in [4.78, 5) is 22.5. The fraction of sp³-hybridized carbons (Fsp3) is 0.250. The average molecular weight is 286 g/mol. The summed E-state index contributed by atoms with van der Waals surface area (Å²) in [5.41, 5.74) is 1.81. The maximum atomic E-state index is 12.1. The Morgan fingerprint density at radius 1 is 1.19 bits per heavy atom. The normalized spacial score (nSPS) is 11.1.